The van der Waals surface area contributed by atoms with Crippen LogP contribution < -0.4 is 0 Å². The molecule has 1 aliphatic carbocycles. The summed E-state index contributed by atoms with van der Waals surface area (Å²) in [6, 6.07) is 10.0. The van der Waals surface area contributed by atoms with Gasteiger partial charge in [-0.3, -0.25) is 5.26 Å². The van der Waals surface area contributed by atoms with Gasteiger partial charge in [0.05, 0.1) is 0 Å². The first kappa shape index (κ1) is 11.1. The fraction of sp³-hybridized carbons (Fsp3) is 0.286. The molecule has 1 aromatic carbocycles. The SMILES string of the molecule is CC(C)C1=C(c2ccccc2)C(OO)C=C1. The zero-order valence-electron chi connectivity index (χ0n) is 9.55. The van der Waals surface area contributed by atoms with Crippen molar-refractivity contribution in [1.29, 1.82) is 0 Å². The highest BCUT2D eigenvalue weighted by atomic mass is 17.1. The number of hydrogen-bond donors (Lipinski definition) is 1. The van der Waals surface area contributed by atoms with Gasteiger partial charge in [0.2, 0.25) is 0 Å². The molecular weight excluding hydrogens is 200 g/mol. The molecule has 0 heterocycles. The van der Waals surface area contributed by atoms with Crippen LogP contribution in [0.3, 0.4) is 0 Å². The predicted molar refractivity (Wildman–Crippen MR) is 64.8 cm³/mol. The molecule has 0 saturated carbocycles. The lowest BCUT2D eigenvalue weighted by molar-refractivity contribution is -0.250. The van der Waals surface area contributed by atoms with E-state index in [0.717, 1.165) is 11.1 Å². The van der Waals surface area contributed by atoms with Gasteiger partial charge in [-0.1, -0.05) is 50.3 Å². The molecule has 16 heavy (non-hydrogen) atoms. The summed E-state index contributed by atoms with van der Waals surface area (Å²) in [5, 5.41) is 8.91. The second-order valence-corrected chi connectivity index (χ2v) is 4.27. The highest BCUT2D eigenvalue weighted by Crippen LogP contribution is 2.34. The van der Waals surface area contributed by atoms with Gasteiger partial charge in [0.15, 0.2) is 0 Å². The van der Waals surface area contributed by atoms with Crippen molar-refractivity contribution >= 4 is 5.57 Å². The third kappa shape index (κ3) is 1.94. The Morgan fingerprint density at radius 2 is 1.88 bits per heavy atom. The van der Waals surface area contributed by atoms with E-state index in [4.69, 9.17) is 5.26 Å². The van der Waals surface area contributed by atoms with Crippen molar-refractivity contribution in [3.8, 4) is 0 Å². The lowest BCUT2D eigenvalue weighted by atomic mass is 9.94. The third-order valence-corrected chi connectivity index (χ3v) is 2.87. The normalized spacial score (nSPS) is 19.9. The van der Waals surface area contributed by atoms with Gasteiger partial charge in [-0.05, 0) is 28.7 Å². The fourth-order valence-electron chi connectivity index (χ4n) is 2.08. The summed E-state index contributed by atoms with van der Waals surface area (Å²) in [7, 11) is 0. The molecule has 0 aromatic heterocycles. The molecule has 0 aliphatic heterocycles. The smallest absolute Gasteiger partial charge is 0.137 e. The molecule has 0 saturated heterocycles. The number of rotatable bonds is 3. The van der Waals surface area contributed by atoms with E-state index < -0.39 is 0 Å². The van der Waals surface area contributed by atoms with Gasteiger partial charge in [-0.2, -0.15) is 0 Å². The summed E-state index contributed by atoms with van der Waals surface area (Å²) in [6.45, 7) is 4.28. The zero-order chi connectivity index (χ0) is 11.5. The van der Waals surface area contributed by atoms with Crippen LogP contribution in [0.4, 0.5) is 0 Å². The molecule has 1 aliphatic rings. The summed E-state index contributed by atoms with van der Waals surface area (Å²) < 4.78 is 0. The molecule has 0 fully saturated rings. The van der Waals surface area contributed by atoms with Crippen LogP contribution in [0.2, 0.25) is 0 Å². The molecule has 0 bridgehead atoms. The Balaban J connectivity index is 2.46. The largest absolute Gasteiger partial charge is 0.251 e. The van der Waals surface area contributed by atoms with Crippen molar-refractivity contribution in [3.05, 3.63) is 53.6 Å². The summed E-state index contributed by atoms with van der Waals surface area (Å²) in [5.41, 5.74) is 3.40. The van der Waals surface area contributed by atoms with Crippen LogP contribution in [0.5, 0.6) is 0 Å². The van der Waals surface area contributed by atoms with E-state index in [1.54, 1.807) is 0 Å². The lowest BCUT2D eigenvalue weighted by Crippen LogP contribution is -2.09. The predicted octanol–water partition coefficient (Wildman–Crippen LogP) is 3.52. The van der Waals surface area contributed by atoms with Crippen molar-refractivity contribution in [2.24, 2.45) is 5.92 Å². The Hall–Kier alpha value is -1.38. The number of allylic oxidation sites excluding steroid dienone is 2. The highest BCUT2D eigenvalue weighted by Gasteiger charge is 2.24. The van der Waals surface area contributed by atoms with Crippen molar-refractivity contribution < 1.29 is 10.1 Å². The summed E-state index contributed by atoms with van der Waals surface area (Å²) in [5.74, 6) is 0.423. The maximum atomic E-state index is 8.91. The van der Waals surface area contributed by atoms with Crippen LogP contribution in [0, 0.1) is 5.92 Å². The fourth-order valence-corrected chi connectivity index (χ4v) is 2.08. The highest BCUT2D eigenvalue weighted by molar-refractivity contribution is 5.78. The van der Waals surface area contributed by atoms with Crippen molar-refractivity contribution in [2.75, 3.05) is 0 Å². The van der Waals surface area contributed by atoms with Crippen molar-refractivity contribution in [1.82, 2.24) is 0 Å². The average Bonchev–Trinajstić information content (AvgIpc) is 2.73. The van der Waals surface area contributed by atoms with Crippen LogP contribution in [0.1, 0.15) is 19.4 Å². The van der Waals surface area contributed by atoms with Gasteiger partial charge in [-0.25, -0.2) is 4.89 Å². The monoisotopic (exact) mass is 216 g/mol. The molecule has 1 atom stereocenters. The molecule has 84 valence electrons. The molecule has 0 radical (unpaired) electrons. The van der Waals surface area contributed by atoms with E-state index in [2.05, 4.69) is 18.7 Å². The Morgan fingerprint density at radius 1 is 1.19 bits per heavy atom. The molecule has 2 rings (SSSR count). The van der Waals surface area contributed by atoms with Gasteiger partial charge < -0.3 is 0 Å². The first-order chi connectivity index (χ1) is 7.74. The van der Waals surface area contributed by atoms with Crippen LogP contribution in [-0.2, 0) is 4.89 Å². The maximum Gasteiger partial charge on any atom is 0.137 e. The third-order valence-electron chi connectivity index (χ3n) is 2.87. The van der Waals surface area contributed by atoms with E-state index in [1.165, 1.54) is 5.57 Å². The molecule has 2 heteroatoms. The molecule has 0 spiro atoms. The number of benzene rings is 1. The van der Waals surface area contributed by atoms with Gasteiger partial charge in [0, 0.05) is 0 Å². The number of hydrogen-bond acceptors (Lipinski definition) is 2. The zero-order valence-corrected chi connectivity index (χ0v) is 9.55. The summed E-state index contributed by atoms with van der Waals surface area (Å²) in [6.07, 6.45) is 3.59. The van der Waals surface area contributed by atoms with Crippen LogP contribution in [0.15, 0.2) is 48.1 Å². The van der Waals surface area contributed by atoms with Crippen molar-refractivity contribution in [3.63, 3.8) is 0 Å². The first-order valence-electron chi connectivity index (χ1n) is 5.52. The van der Waals surface area contributed by atoms with Crippen LogP contribution in [-0.4, -0.2) is 11.4 Å². The Labute approximate surface area is 95.8 Å². The van der Waals surface area contributed by atoms with Gasteiger partial charge in [0.1, 0.15) is 6.10 Å². The minimum Gasteiger partial charge on any atom is -0.251 e. The topological polar surface area (TPSA) is 29.5 Å². The van der Waals surface area contributed by atoms with Crippen LogP contribution in [0.25, 0.3) is 5.57 Å². The molecule has 0 amide bonds. The Morgan fingerprint density at radius 3 is 2.44 bits per heavy atom. The second-order valence-electron chi connectivity index (χ2n) is 4.27. The minimum atomic E-state index is -0.334. The first-order valence-corrected chi connectivity index (χ1v) is 5.52. The van der Waals surface area contributed by atoms with E-state index >= 15 is 0 Å². The molecular formula is C14H16O2. The van der Waals surface area contributed by atoms with Gasteiger partial charge >= 0.3 is 0 Å². The van der Waals surface area contributed by atoms with E-state index in [1.807, 2.05) is 42.5 Å². The Kier molecular flexibility index (Phi) is 3.22. The van der Waals surface area contributed by atoms with Crippen LogP contribution >= 0.6 is 0 Å². The summed E-state index contributed by atoms with van der Waals surface area (Å²) in [4.78, 5) is 4.51. The van der Waals surface area contributed by atoms with E-state index in [0.29, 0.717) is 5.92 Å². The summed E-state index contributed by atoms with van der Waals surface area (Å²) >= 11 is 0. The molecule has 1 N–H and O–H groups in total. The van der Waals surface area contributed by atoms with Crippen molar-refractivity contribution in [2.45, 2.75) is 20.0 Å². The molecule has 2 nitrogen and oxygen atoms in total. The van der Waals surface area contributed by atoms with E-state index in [9.17, 15) is 0 Å². The molecule has 1 aromatic rings. The lowest BCUT2D eigenvalue weighted by Gasteiger charge is -2.15. The van der Waals surface area contributed by atoms with E-state index in [-0.39, 0.29) is 6.10 Å². The standard InChI is InChI=1S/C14H16O2/c1-10(2)12-8-9-13(16-15)14(12)11-6-4-3-5-7-11/h3-10,13,15H,1-2H3. The minimum absolute atomic E-state index is 0.334. The van der Waals surface area contributed by atoms with Gasteiger partial charge in [0.25, 0.3) is 0 Å². The Bertz CT molecular complexity index is 416. The maximum absolute atomic E-state index is 8.91. The van der Waals surface area contributed by atoms with Gasteiger partial charge in [-0.15, -0.1) is 0 Å². The average molecular weight is 216 g/mol. The molecule has 1 unspecified atom stereocenters. The quantitative estimate of drug-likeness (QED) is 0.618. The second kappa shape index (κ2) is 4.64.